The maximum Gasteiger partial charge on any atom is 0.259 e. The Bertz CT molecular complexity index is 1420. The number of rotatable bonds is 4. The van der Waals surface area contributed by atoms with Crippen molar-refractivity contribution in [1.29, 1.82) is 0 Å². The van der Waals surface area contributed by atoms with E-state index in [1.807, 2.05) is 42.5 Å². The maximum atomic E-state index is 12.9. The number of carbonyl (C=O) groups is 1. The molecule has 0 radical (unpaired) electrons. The molecule has 6 heteroatoms. The number of nitrogens with zero attached hydrogens (tertiary/aromatic N) is 4. The van der Waals surface area contributed by atoms with Gasteiger partial charge in [0.05, 0.1) is 12.2 Å². The normalized spacial score (nSPS) is 11.2. The van der Waals surface area contributed by atoms with Crippen molar-refractivity contribution in [3.63, 3.8) is 0 Å². The molecule has 3 aromatic heterocycles. The smallest absolute Gasteiger partial charge is 0.259 e. The fourth-order valence-corrected chi connectivity index (χ4v) is 3.44. The predicted molar refractivity (Wildman–Crippen MR) is 111 cm³/mol. The summed E-state index contributed by atoms with van der Waals surface area (Å²) in [6.07, 6.45) is 6.65. The summed E-state index contributed by atoms with van der Waals surface area (Å²) in [6, 6.07) is 18.7. The zero-order valence-electron chi connectivity index (χ0n) is 15.4. The Morgan fingerprint density at radius 2 is 1.69 bits per heavy atom. The van der Waals surface area contributed by atoms with Gasteiger partial charge in [-0.15, -0.1) is 0 Å². The molecule has 0 saturated carbocycles. The molecule has 0 bridgehead atoms. The molecule has 0 aliphatic rings. The lowest BCUT2D eigenvalue weighted by Crippen LogP contribution is -2.16. The van der Waals surface area contributed by atoms with E-state index in [2.05, 4.69) is 9.97 Å². The highest BCUT2D eigenvalue weighted by Gasteiger charge is 2.13. The van der Waals surface area contributed by atoms with E-state index in [0.717, 1.165) is 16.3 Å². The zero-order chi connectivity index (χ0) is 19.8. The molecule has 0 amide bonds. The van der Waals surface area contributed by atoms with E-state index in [-0.39, 0.29) is 17.9 Å². The van der Waals surface area contributed by atoms with Gasteiger partial charge in [0.2, 0.25) is 5.78 Å². The van der Waals surface area contributed by atoms with Crippen molar-refractivity contribution in [1.82, 2.24) is 18.9 Å². The van der Waals surface area contributed by atoms with Crippen molar-refractivity contribution in [3.05, 3.63) is 101 Å². The number of ketones is 1. The van der Waals surface area contributed by atoms with E-state index in [9.17, 15) is 9.59 Å². The Morgan fingerprint density at radius 1 is 0.897 bits per heavy atom. The third-order valence-corrected chi connectivity index (χ3v) is 4.95. The van der Waals surface area contributed by atoms with Gasteiger partial charge in [0, 0.05) is 42.0 Å². The topological polar surface area (TPSA) is 69.3 Å². The number of pyridine rings is 1. The Kier molecular flexibility index (Phi) is 4.02. The summed E-state index contributed by atoms with van der Waals surface area (Å²) < 4.78 is 3.14. The molecule has 0 atom stereocenters. The summed E-state index contributed by atoms with van der Waals surface area (Å²) in [4.78, 5) is 34.0. The van der Waals surface area contributed by atoms with E-state index >= 15 is 0 Å². The first-order chi connectivity index (χ1) is 14.2. The molecule has 6 nitrogen and oxygen atoms in total. The lowest BCUT2D eigenvalue weighted by atomic mass is 10.0. The van der Waals surface area contributed by atoms with Crippen LogP contribution in [0.5, 0.6) is 0 Å². The average molecular weight is 380 g/mol. The number of aromatic nitrogens is 4. The number of imidazole rings is 1. The van der Waals surface area contributed by atoms with E-state index < -0.39 is 0 Å². The summed E-state index contributed by atoms with van der Waals surface area (Å²) in [6.45, 7) is 0.0983. The molecule has 5 aromatic rings. The van der Waals surface area contributed by atoms with Crippen LogP contribution in [0, 0.1) is 0 Å². The van der Waals surface area contributed by atoms with Gasteiger partial charge in [-0.1, -0.05) is 36.4 Å². The molecule has 29 heavy (non-hydrogen) atoms. The van der Waals surface area contributed by atoms with Gasteiger partial charge in [0.25, 0.3) is 5.56 Å². The standard InChI is InChI=1S/C23H16N4O2/c28-21(19-6-5-16-3-1-2-4-18(16)13-19)15-26-11-12-27-22(29)14-20(25-23(26)27)17-7-9-24-10-8-17/h1-14H,15H2. The fraction of sp³-hybridized carbons (Fsp3) is 0.0435. The number of hydrogen-bond donors (Lipinski definition) is 0. The monoisotopic (exact) mass is 380 g/mol. The second-order valence-corrected chi connectivity index (χ2v) is 6.80. The van der Waals surface area contributed by atoms with Crippen LogP contribution in [-0.4, -0.2) is 24.7 Å². The molecule has 140 valence electrons. The van der Waals surface area contributed by atoms with Crippen LogP contribution in [0.4, 0.5) is 0 Å². The van der Waals surface area contributed by atoms with Crippen molar-refractivity contribution in [2.75, 3.05) is 0 Å². The van der Waals surface area contributed by atoms with Gasteiger partial charge in [0.1, 0.15) is 0 Å². The second kappa shape index (κ2) is 6.83. The van der Waals surface area contributed by atoms with Crippen LogP contribution in [0.15, 0.2) is 90.2 Å². The van der Waals surface area contributed by atoms with Crippen molar-refractivity contribution in [2.24, 2.45) is 0 Å². The van der Waals surface area contributed by atoms with Crippen molar-refractivity contribution >= 4 is 22.3 Å². The molecular formula is C23H16N4O2. The molecule has 0 aliphatic carbocycles. The Hall–Kier alpha value is -4.06. The average Bonchev–Trinajstić information content (AvgIpc) is 3.17. The third kappa shape index (κ3) is 3.10. The number of carbonyl (C=O) groups excluding carboxylic acids is 1. The molecule has 3 heterocycles. The Morgan fingerprint density at radius 3 is 2.52 bits per heavy atom. The minimum absolute atomic E-state index is 0.0441. The highest BCUT2D eigenvalue weighted by Crippen LogP contribution is 2.18. The number of benzene rings is 2. The van der Waals surface area contributed by atoms with E-state index in [1.54, 1.807) is 41.5 Å². The second-order valence-electron chi connectivity index (χ2n) is 6.80. The molecule has 0 aliphatic heterocycles. The highest BCUT2D eigenvalue weighted by atomic mass is 16.1. The van der Waals surface area contributed by atoms with Gasteiger partial charge in [-0.05, 0) is 29.0 Å². The molecule has 0 spiro atoms. The van der Waals surface area contributed by atoms with Crippen LogP contribution in [0.3, 0.4) is 0 Å². The molecule has 5 rings (SSSR count). The minimum atomic E-state index is -0.196. The van der Waals surface area contributed by atoms with Gasteiger partial charge in [-0.2, -0.15) is 0 Å². The summed E-state index contributed by atoms with van der Waals surface area (Å²) in [5.74, 6) is 0.385. The van der Waals surface area contributed by atoms with Gasteiger partial charge >= 0.3 is 0 Å². The summed E-state index contributed by atoms with van der Waals surface area (Å²) in [5, 5.41) is 2.11. The molecule has 0 N–H and O–H groups in total. The van der Waals surface area contributed by atoms with Crippen LogP contribution in [0.1, 0.15) is 10.4 Å². The minimum Gasteiger partial charge on any atom is -0.309 e. The largest absolute Gasteiger partial charge is 0.309 e. The highest BCUT2D eigenvalue weighted by molar-refractivity contribution is 6.00. The van der Waals surface area contributed by atoms with Crippen LogP contribution >= 0.6 is 0 Å². The lowest BCUT2D eigenvalue weighted by Gasteiger charge is -2.07. The molecule has 2 aromatic carbocycles. The first kappa shape index (κ1) is 17.1. The first-order valence-electron chi connectivity index (χ1n) is 9.20. The number of Topliss-reactive ketones (excluding diaryl/α,β-unsaturated/α-hetero) is 1. The fourth-order valence-electron chi connectivity index (χ4n) is 3.44. The van der Waals surface area contributed by atoms with Gasteiger partial charge < -0.3 is 4.57 Å². The molecule has 0 saturated heterocycles. The SMILES string of the molecule is O=C(Cn1ccn2c(=O)cc(-c3ccncc3)nc12)c1ccc2ccccc2c1. The maximum absolute atomic E-state index is 12.9. The van der Waals surface area contributed by atoms with Gasteiger partial charge in [0.15, 0.2) is 5.78 Å². The third-order valence-electron chi connectivity index (χ3n) is 4.95. The first-order valence-corrected chi connectivity index (χ1v) is 9.20. The zero-order valence-corrected chi connectivity index (χ0v) is 15.4. The van der Waals surface area contributed by atoms with Crippen LogP contribution in [-0.2, 0) is 6.54 Å². The van der Waals surface area contributed by atoms with Gasteiger partial charge in [-0.3, -0.25) is 19.0 Å². The predicted octanol–water partition coefficient (Wildman–Crippen LogP) is 3.59. The summed E-state index contributed by atoms with van der Waals surface area (Å²) in [7, 11) is 0. The Labute approximate surface area is 165 Å². The van der Waals surface area contributed by atoms with Crippen molar-refractivity contribution < 1.29 is 4.79 Å². The Balaban J connectivity index is 1.53. The van der Waals surface area contributed by atoms with E-state index in [1.165, 1.54) is 10.5 Å². The summed E-state index contributed by atoms with van der Waals surface area (Å²) >= 11 is 0. The van der Waals surface area contributed by atoms with Crippen molar-refractivity contribution in [2.45, 2.75) is 6.54 Å². The van der Waals surface area contributed by atoms with E-state index in [0.29, 0.717) is 17.0 Å². The number of fused-ring (bicyclic) bond motifs is 2. The molecule has 0 fully saturated rings. The molecular weight excluding hydrogens is 364 g/mol. The van der Waals surface area contributed by atoms with Gasteiger partial charge in [-0.25, -0.2) is 4.98 Å². The summed E-state index contributed by atoms with van der Waals surface area (Å²) in [5.41, 5.74) is 1.78. The number of hydrogen-bond acceptors (Lipinski definition) is 4. The van der Waals surface area contributed by atoms with Crippen LogP contribution in [0.2, 0.25) is 0 Å². The van der Waals surface area contributed by atoms with Crippen LogP contribution in [0.25, 0.3) is 27.8 Å². The van der Waals surface area contributed by atoms with E-state index in [4.69, 9.17) is 0 Å². The van der Waals surface area contributed by atoms with Crippen LogP contribution < -0.4 is 5.56 Å². The lowest BCUT2D eigenvalue weighted by molar-refractivity contribution is 0.0973. The quantitative estimate of drug-likeness (QED) is 0.447. The molecule has 0 unspecified atom stereocenters. The van der Waals surface area contributed by atoms with Crippen molar-refractivity contribution in [3.8, 4) is 11.3 Å².